The van der Waals surface area contributed by atoms with Crippen molar-refractivity contribution in [2.75, 3.05) is 0 Å². The maximum Gasteiger partial charge on any atom is 0.336 e. The third-order valence-electron chi connectivity index (χ3n) is 4.19. The van der Waals surface area contributed by atoms with E-state index < -0.39 is 64.4 Å². The summed E-state index contributed by atoms with van der Waals surface area (Å²) in [4.78, 5) is 56.5. The molecule has 0 aliphatic heterocycles. The number of aromatic carboxylic acids is 4. The lowest BCUT2D eigenvalue weighted by Gasteiger charge is -2.18. The van der Waals surface area contributed by atoms with E-state index in [1.54, 1.807) is 0 Å². The lowest BCUT2D eigenvalue weighted by Crippen LogP contribution is -2.14. The summed E-state index contributed by atoms with van der Waals surface area (Å²) in [6, 6.07) is 6.50. The summed E-state index contributed by atoms with van der Waals surface area (Å²) in [5.41, 5.74) is -1.88. The molecule has 0 aliphatic carbocycles. The van der Waals surface area contributed by atoms with Crippen LogP contribution in [0.15, 0.2) is 36.4 Å². The molecular formula is C19H14O10. The van der Waals surface area contributed by atoms with Crippen molar-refractivity contribution in [1.82, 2.24) is 0 Å². The highest BCUT2D eigenvalue weighted by Crippen LogP contribution is 2.31. The summed E-state index contributed by atoms with van der Waals surface area (Å²) in [7, 11) is 0. The zero-order valence-corrected chi connectivity index (χ0v) is 14.5. The minimum Gasteiger partial charge on any atom is -0.481 e. The molecule has 2 aromatic carbocycles. The fourth-order valence-corrected chi connectivity index (χ4v) is 2.89. The molecule has 0 atom stereocenters. The van der Waals surface area contributed by atoms with Crippen LogP contribution in [0, 0.1) is 0 Å². The fraction of sp³-hybridized carbons (Fsp3) is 0.105. The summed E-state index contributed by atoms with van der Waals surface area (Å²) < 4.78 is 0. The molecule has 0 spiro atoms. The lowest BCUT2D eigenvalue weighted by molar-refractivity contribution is -0.137. The van der Waals surface area contributed by atoms with E-state index in [-0.39, 0.29) is 11.1 Å². The van der Waals surface area contributed by atoms with Gasteiger partial charge in [-0.3, -0.25) is 4.79 Å². The van der Waals surface area contributed by atoms with Gasteiger partial charge in [-0.25, -0.2) is 19.2 Å². The molecule has 10 heteroatoms. The average molecular weight is 402 g/mol. The molecule has 0 aromatic heterocycles. The second kappa shape index (κ2) is 8.21. The molecule has 0 heterocycles. The zero-order valence-electron chi connectivity index (χ0n) is 14.5. The van der Waals surface area contributed by atoms with E-state index in [2.05, 4.69) is 0 Å². The minimum atomic E-state index is -1.54. The molecule has 5 N–H and O–H groups in total. The van der Waals surface area contributed by atoms with Gasteiger partial charge in [-0.1, -0.05) is 12.1 Å². The Bertz CT molecular complexity index is 962. The normalized spacial score (nSPS) is 10.5. The van der Waals surface area contributed by atoms with Crippen molar-refractivity contribution in [3.63, 3.8) is 0 Å². The number of carbonyl (C=O) groups is 5. The van der Waals surface area contributed by atoms with Gasteiger partial charge < -0.3 is 25.5 Å². The third kappa shape index (κ3) is 4.56. The molecule has 2 aromatic rings. The van der Waals surface area contributed by atoms with Crippen LogP contribution < -0.4 is 0 Å². The second-order valence-corrected chi connectivity index (χ2v) is 5.98. The Morgan fingerprint density at radius 1 is 0.586 bits per heavy atom. The number of aliphatic carboxylic acids is 1. The minimum absolute atomic E-state index is 0.120. The first kappa shape index (κ1) is 21.1. The fourth-order valence-electron chi connectivity index (χ4n) is 2.89. The van der Waals surface area contributed by atoms with Gasteiger partial charge in [-0.05, 0) is 35.4 Å². The van der Waals surface area contributed by atoms with Crippen molar-refractivity contribution in [1.29, 1.82) is 0 Å². The van der Waals surface area contributed by atoms with Crippen molar-refractivity contribution in [2.45, 2.75) is 12.3 Å². The highest BCUT2D eigenvalue weighted by Gasteiger charge is 2.25. The summed E-state index contributed by atoms with van der Waals surface area (Å²) >= 11 is 0. The Balaban J connectivity index is 2.69. The largest absolute Gasteiger partial charge is 0.481 e. The van der Waals surface area contributed by atoms with Crippen LogP contribution >= 0.6 is 0 Å². The van der Waals surface area contributed by atoms with Crippen LogP contribution in [0.25, 0.3) is 0 Å². The van der Waals surface area contributed by atoms with Crippen LogP contribution in [0.3, 0.4) is 0 Å². The van der Waals surface area contributed by atoms with Gasteiger partial charge in [-0.2, -0.15) is 0 Å². The second-order valence-electron chi connectivity index (χ2n) is 5.98. The Kier molecular flexibility index (Phi) is 5.97. The maximum absolute atomic E-state index is 11.4. The van der Waals surface area contributed by atoms with Crippen LogP contribution in [-0.4, -0.2) is 55.4 Å². The van der Waals surface area contributed by atoms with E-state index in [4.69, 9.17) is 10.2 Å². The maximum atomic E-state index is 11.4. The molecule has 2 rings (SSSR count). The smallest absolute Gasteiger partial charge is 0.336 e. The highest BCUT2D eigenvalue weighted by atomic mass is 16.4. The molecule has 0 unspecified atom stereocenters. The standard InChI is InChI=1S/C19H14O10/c20-15(21)7-12(8-1-3-10(16(22)23)13(5-8)18(26)27)9-2-4-11(17(24)25)14(6-9)19(28)29/h1-6,12H,7H2,(H,20,21)(H,22,23)(H,24,25)(H,26,27)(H,28,29). The van der Waals surface area contributed by atoms with Crippen molar-refractivity contribution in [3.05, 3.63) is 69.8 Å². The lowest BCUT2D eigenvalue weighted by atomic mass is 9.85. The topological polar surface area (TPSA) is 186 Å². The molecule has 0 saturated carbocycles. The van der Waals surface area contributed by atoms with Crippen LogP contribution in [-0.2, 0) is 4.79 Å². The first-order valence-corrected chi connectivity index (χ1v) is 7.95. The van der Waals surface area contributed by atoms with Crippen LogP contribution in [0.5, 0.6) is 0 Å². The summed E-state index contributed by atoms with van der Waals surface area (Å²) in [5.74, 6) is -8.37. The predicted molar refractivity (Wildman–Crippen MR) is 94.8 cm³/mol. The van der Waals surface area contributed by atoms with Crippen molar-refractivity contribution < 1.29 is 49.5 Å². The Morgan fingerprint density at radius 2 is 0.931 bits per heavy atom. The summed E-state index contributed by atoms with van der Waals surface area (Å²) in [6.45, 7) is 0. The van der Waals surface area contributed by atoms with Gasteiger partial charge >= 0.3 is 29.8 Å². The molecule has 0 fully saturated rings. The third-order valence-corrected chi connectivity index (χ3v) is 4.19. The van der Waals surface area contributed by atoms with Gasteiger partial charge in [-0.15, -0.1) is 0 Å². The van der Waals surface area contributed by atoms with Crippen molar-refractivity contribution in [2.24, 2.45) is 0 Å². The number of hydrogen-bond acceptors (Lipinski definition) is 5. The summed E-state index contributed by atoms with van der Waals surface area (Å²) in [5, 5.41) is 46.0. The SMILES string of the molecule is O=C(O)CC(c1ccc(C(=O)O)c(C(=O)O)c1)c1ccc(C(=O)O)c(C(=O)O)c1. The van der Waals surface area contributed by atoms with E-state index >= 15 is 0 Å². The number of benzene rings is 2. The number of rotatable bonds is 8. The van der Waals surface area contributed by atoms with E-state index in [1.807, 2.05) is 0 Å². The molecular weight excluding hydrogens is 388 g/mol. The van der Waals surface area contributed by atoms with Crippen molar-refractivity contribution >= 4 is 29.8 Å². The Morgan fingerprint density at radius 3 is 1.21 bits per heavy atom. The predicted octanol–water partition coefficient (Wildman–Crippen LogP) is 2.09. The van der Waals surface area contributed by atoms with Crippen LogP contribution in [0.2, 0.25) is 0 Å². The molecule has 29 heavy (non-hydrogen) atoms. The van der Waals surface area contributed by atoms with Gasteiger partial charge in [0.15, 0.2) is 0 Å². The van der Waals surface area contributed by atoms with E-state index in [1.165, 1.54) is 12.1 Å². The first-order chi connectivity index (χ1) is 13.5. The molecule has 0 saturated heterocycles. The van der Waals surface area contributed by atoms with Gasteiger partial charge in [0, 0.05) is 5.92 Å². The molecule has 10 nitrogen and oxygen atoms in total. The molecule has 0 aliphatic rings. The molecule has 0 bridgehead atoms. The molecule has 0 radical (unpaired) electrons. The van der Waals surface area contributed by atoms with Crippen LogP contribution in [0.1, 0.15) is 64.9 Å². The monoisotopic (exact) mass is 402 g/mol. The van der Waals surface area contributed by atoms with E-state index in [9.17, 15) is 39.3 Å². The number of hydrogen-bond donors (Lipinski definition) is 5. The molecule has 0 amide bonds. The van der Waals surface area contributed by atoms with Gasteiger partial charge in [0.1, 0.15) is 0 Å². The average Bonchev–Trinajstić information content (AvgIpc) is 2.64. The van der Waals surface area contributed by atoms with Crippen molar-refractivity contribution in [3.8, 4) is 0 Å². The van der Waals surface area contributed by atoms with Crippen LogP contribution in [0.4, 0.5) is 0 Å². The van der Waals surface area contributed by atoms with Gasteiger partial charge in [0.05, 0.1) is 28.7 Å². The summed E-state index contributed by atoms with van der Waals surface area (Å²) in [6.07, 6.45) is -0.572. The van der Waals surface area contributed by atoms with E-state index in [0.717, 1.165) is 24.3 Å². The Labute approximate surface area is 162 Å². The highest BCUT2D eigenvalue weighted by molar-refractivity contribution is 6.02. The number of carboxylic acid groups (broad SMARTS) is 5. The Hall–Kier alpha value is -4.21. The quantitative estimate of drug-likeness (QED) is 0.437. The number of carboxylic acids is 5. The van der Waals surface area contributed by atoms with Gasteiger partial charge in [0.2, 0.25) is 0 Å². The van der Waals surface area contributed by atoms with Gasteiger partial charge in [0.25, 0.3) is 0 Å². The zero-order chi connectivity index (χ0) is 21.9. The van der Waals surface area contributed by atoms with E-state index in [0.29, 0.717) is 0 Å². The molecule has 150 valence electrons. The first-order valence-electron chi connectivity index (χ1n) is 7.95.